The lowest BCUT2D eigenvalue weighted by Crippen LogP contribution is -2.49. The number of benzene rings is 1. The van der Waals surface area contributed by atoms with Crippen LogP contribution in [0, 0.1) is 45.3 Å². The molecule has 9 heteroatoms. The third-order valence-electron chi connectivity index (χ3n) is 6.74. The second-order valence-corrected chi connectivity index (χ2v) is 8.75. The molecule has 0 aromatic heterocycles. The normalized spacial score (nSPS) is 20.2. The first-order valence-corrected chi connectivity index (χ1v) is 12.1. The van der Waals surface area contributed by atoms with E-state index in [1.54, 1.807) is 31.2 Å². The van der Waals surface area contributed by atoms with Gasteiger partial charge in [-0.15, -0.1) is 0 Å². The molecule has 1 aliphatic carbocycles. The number of rotatable bonds is 8. The molecule has 188 valence electrons. The van der Waals surface area contributed by atoms with Crippen molar-refractivity contribution in [2.75, 3.05) is 33.4 Å². The van der Waals surface area contributed by atoms with Gasteiger partial charge in [0, 0.05) is 24.9 Å². The number of hydrogen-bond acceptors (Lipinski definition) is 8. The summed E-state index contributed by atoms with van der Waals surface area (Å²) in [4.78, 5) is 14.0. The van der Waals surface area contributed by atoms with Crippen LogP contribution in [0.1, 0.15) is 44.6 Å². The second-order valence-electron chi connectivity index (χ2n) is 8.75. The summed E-state index contributed by atoms with van der Waals surface area (Å²) in [5, 5.41) is 30.4. The minimum Gasteiger partial charge on any atom is -0.493 e. The zero-order valence-corrected chi connectivity index (χ0v) is 20.9. The Kier molecular flexibility index (Phi) is 8.46. The maximum atomic E-state index is 12.5. The van der Waals surface area contributed by atoms with E-state index < -0.39 is 23.3 Å². The van der Waals surface area contributed by atoms with Crippen LogP contribution in [0.3, 0.4) is 0 Å². The van der Waals surface area contributed by atoms with E-state index in [1.807, 2.05) is 0 Å². The van der Waals surface area contributed by atoms with Crippen LogP contribution in [0.5, 0.6) is 11.5 Å². The highest BCUT2D eigenvalue weighted by Gasteiger charge is 2.55. The highest BCUT2D eigenvalue weighted by molar-refractivity contribution is 5.69. The van der Waals surface area contributed by atoms with E-state index in [-0.39, 0.29) is 31.0 Å². The molecule has 0 bridgehead atoms. The van der Waals surface area contributed by atoms with Crippen LogP contribution in [0.4, 0.5) is 4.79 Å². The van der Waals surface area contributed by atoms with Crippen LogP contribution in [0.15, 0.2) is 41.1 Å². The van der Waals surface area contributed by atoms with Crippen LogP contribution in [-0.4, -0.2) is 44.4 Å². The number of ether oxygens (including phenoxy) is 3. The quantitative estimate of drug-likeness (QED) is 0.536. The summed E-state index contributed by atoms with van der Waals surface area (Å²) >= 11 is 0. The second kappa shape index (κ2) is 11.5. The lowest BCUT2D eigenvalue weighted by atomic mass is 9.58. The Bertz CT molecular complexity index is 1170. The molecular weight excluding hydrogens is 458 g/mol. The molecule has 0 saturated heterocycles. The van der Waals surface area contributed by atoms with Gasteiger partial charge in [-0.3, -0.25) is 0 Å². The molecule has 1 aromatic carbocycles. The molecule has 9 nitrogen and oxygen atoms in total. The number of carbonyl (C=O) groups excluding carboxylic acids is 1. The monoisotopic (exact) mass is 489 g/mol. The standard InChI is InChI=1S/C27H31N5O4/c1-4-6-7-12-36-22-9-8-18(13-23(22)34-3)24-21-15-32(26(33)35-5-2)11-10-19(21)20(14-28)25(31)27(24,16-29)17-30/h8-10,13,21,24H,4-7,11-12,15,31H2,1-3H3/t21-,24-/m1/s1. The minimum atomic E-state index is -1.82. The molecule has 0 radical (unpaired) electrons. The average Bonchev–Trinajstić information content (AvgIpc) is 2.90. The van der Waals surface area contributed by atoms with E-state index in [0.29, 0.717) is 29.2 Å². The first-order valence-electron chi connectivity index (χ1n) is 12.1. The number of methoxy groups -OCH3 is 1. The molecule has 1 amide bonds. The Morgan fingerprint density at radius 2 is 1.94 bits per heavy atom. The van der Waals surface area contributed by atoms with Gasteiger partial charge in [0.15, 0.2) is 16.9 Å². The Morgan fingerprint density at radius 1 is 1.19 bits per heavy atom. The van der Waals surface area contributed by atoms with E-state index in [0.717, 1.165) is 19.3 Å². The molecule has 36 heavy (non-hydrogen) atoms. The molecule has 2 atom stereocenters. The number of nitrogens with two attached hydrogens (primary N) is 1. The Balaban J connectivity index is 2.13. The van der Waals surface area contributed by atoms with Crippen LogP contribution in [0.2, 0.25) is 0 Å². The van der Waals surface area contributed by atoms with Crippen molar-refractivity contribution in [1.82, 2.24) is 4.90 Å². The summed E-state index contributed by atoms with van der Waals surface area (Å²) in [5.41, 5.74) is 5.84. The Hall–Kier alpha value is -4.16. The van der Waals surface area contributed by atoms with Crippen molar-refractivity contribution in [2.24, 2.45) is 17.1 Å². The van der Waals surface area contributed by atoms with Crippen molar-refractivity contribution in [1.29, 1.82) is 15.8 Å². The van der Waals surface area contributed by atoms with Crippen LogP contribution in [-0.2, 0) is 4.74 Å². The molecule has 0 unspecified atom stereocenters. The van der Waals surface area contributed by atoms with Gasteiger partial charge in [-0.1, -0.05) is 31.9 Å². The van der Waals surface area contributed by atoms with E-state index in [2.05, 4.69) is 25.1 Å². The lowest BCUT2D eigenvalue weighted by molar-refractivity contribution is 0.0999. The fraction of sp³-hybridized carbons (Fsp3) is 0.481. The van der Waals surface area contributed by atoms with Gasteiger partial charge in [-0.05, 0) is 36.6 Å². The smallest absolute Gasteiger partial charge is 0.410 e. The zero-order chi connectivity index (χ0) is 26.3. The summed E-state index contributed by atoms with van der Waals surface area (Å²) in [6.07, 6.45) is 4.29. The molecule has 0 saturated carbocycles. The van der Waals surface area contributed by atoms with Crippen molar-refractivity contribution in [3.05, 3.63) is 46.7 Å². The average molecular weight is 490 g/mol. The zero-order valence-electron chi connectivity index (χ0n) is 20.9. The molecule has 0 fully saturated rings. The predicted molar refractivity (Wildman–Crippen MR) is 131 cm³/mol. The number of carbonyl (C=O) groups is 1. The van der Waals surface area contributed by atoms with E-state index in [4.69, 9.17) is 19.9 Å². The summed E-state index contributed by atoms with van der Waals surface area (Å²) < 4.78 is 16.7. The van der Waals surface area contributed by atoms with Crippen molar-refractivity contribution in [2.45, 2.75) is 39.0 Å². The maximum absolute atomic E-state index is 12.5. The van der Waals surface area contributed by atoms with E-state index >= 15 is 0 Å². The number of allylic oxidation sites excluding steroid dienone is 2. The molecule has 1 aromatic rings. The summed E-state index contributed by atoms with van der Waals surface area (Å²) in [6, 6.07) is 11.6. The van der Waals surface area contributed by atoms with Gasteiger partial charge in [0.2, 0.25) is 0 Å². The van der Waals surface area contributed by atoms with E-state index in [1.165, 1.54) is 12.0 Å². The van der Waals surface area contributed by atoms with Crippen LogP contribution >= 0.6 is 0 Å². The molecule has 1 heterocycles. The minimum absolute atomic E-state index is 0.0778. The summed E-state index contributed by atoms with van der Waals surface area (Å²) in [7, 11) is 1.53. The number of hydrogen-bond donors (Lipinski definition) is 1. The van der Waals surface area contributed by atoms with Gasteiger partial charge in [0.05, 0.1) is 43.7 Å². The number of nitriles is 3. The summed E-state index contributed by atoms with van der Waals surface area (Å²) in [5.74, 6) is -0.283. The van der Waals surface area contributed by atoms with Gasteiger partial charge in [-0.2, -0.15) is 15.8 Å². The van der Waals surface area contributed by atoms with E-state index in [9.17, 15) is 20.6 Å². The Labute approximate surface area is 211 Å². The van der Waals surface area contributed by atoms with Gasteiger partial charge < -0.3 is 24.8 Å². The summed E-state index contributed by atoms with van der Waals surface area (Å²) in [6.45, 7) is 4.99. The van der Waals surface area contributed by atoms with Crippen molar-refractivity contribution < 1.29 is 19.0 Å². The van der Waals surface area contributed by atoms with Crippen LogP contribution < -0.4 is 15.2 Å². The van der Waals surface area contributed by atoms with Crippen LogP contribution in [0.25, 0.3) is 0 Å². The topological polar surface area (TPSA) is 145 Å². The number of nitrogens with zero attached hydrogens (tertiary/aromatic N) is 4. The predicted octanol–water partition coefficient (Wildman–Crippen LogP) is 4.15. The first kappa shape index (κ1) is 26.4. The molecular formula is C27H31N5O4. The van der Waals surface area contributed by atoms with Gasteiger partial charge in [-0.25, -0.2) is 4.79 Å². The third kappa shape index (κ3) is 4.68. The van der Waals surface area contributed by atoms with Gasteiger partial charge >= 0.3 is 6.09 Å². The molecule has 1 aliphatic heterocycles. The number of amides is 1. The highest BCUT2D eigenvalue weighted by atomic mass is 16.6. The van der Waals surface area contributed by atoms with Crippen molar-refractivity contribution >= 4 is 6.09 Å². The molecule has 2 N–H and O–H groups in total. The molecule has 2 aliphatic rings. The fourth-order valence-electron chi connectivity index (χ4n) is 4.95. The van der Waals surface area contributed by atoms with Gasteiger partial charge in [0.25, 0.3) is 0 Å². The maximum Gasteiger partial charge on any atom is 0.410 e. The lowest BCUT2D eigenvalue weighted by Gasteiger charge is -2.45. The highest BCUT2D eigenvalue weighted by Crippen LogP contribution is 2.54. The first-order chi connectivity index (χ1) is 17.4. The third-order valence-corrected chi connectivity index (χ3v) is 6.74. The largest absolute Gasteiger partial charge is 0.493 e. The van der Waals surface area contributed by atoms with Gasteiger partial charge in [0.1, 0.15) is 6.07 Å². The SMILES string of the molecule is CCCCCOc1ccc([C@@H]2[C@@H]3CN(C(=O)OCC)CC=C3C(C#N)=C(N)C2(C#N)C#N)cc1OC. The number of unbranched alkanes of at least 4 members (excludes halogenated alkanes) is 2. The molecule has 0 spiro atoms. The van der Waals surface area contributed by atoms with Crippen molar-refractivity contribution in [3.63, 3.8) is 0 Å². The Morgan fingerprint density at radius 3 is 2.56 bits per heavy atom. The number of fused-ring (bicyclic) bond motifs is 1. The fourth-order valence-corrected chi connectivity index (χ4v) is 4.95. The molecule has 3 rings (SSSR count). The van der Waals surface area contributed by atoms with Crippen molar-refractivity contribution in [3.8, 4) is 29.7 Å².